The fraction of sp³-hybridized carbons (Fsp3) is 0.308. The summed E-state index contributed by atoms with van der Waals surface area (Å²) < 4.78 is 18.2. The van der Waals surface area contributed by atoms with Gasteiger partial charge in [-0.3, -0.25) is 9.69 Å². The van der Waals surface area contributed by atoms with Crippen LogP contribution in [0.3, 0.4) is 0 Å². The number of hydrogen-bond donors (Lipinski definition) is 1. The third-order valence-electron chi connectivity index (χ3n) is 2.91. The summed E-state index contributed by atoms with van der Waals surface area (Å²) in [7, 11) is 0. The minimum Gasteiger partial charge on any atom is -0.449 e. The molecule has 0 radical (unpaired) electrons. The van der Waals surface area contributed by atoms with Crippen LogP contribution in [0.2, 0.25) is 0 Å². The Balaban J connectivity index is 2.05. The molecule has 2 rings (SSSR count). The Hall–Kier alpha value is -1.96. The number of imide groups is 1. The van der Waals surface area contributed by atoms with Gasteiger partial charge in [0.2, 0.25) is 0 Å². The van der Waals surface area contributed by atoms with Gasteiger partial charge in [-0.25, -0.2) is 14.0 Å². The van der Waals surface area contributed by atoms with Crippen molar-refractivity contribution in [2.45, 2.75) is 13.0 Å². The number of halogens is 2. The maximum Gasteiger partial charge on any atom is 0.340 e. The van der Waals surface area contributed by atoms with Crippen molar-refractivity contribution in [2.75, 3.05) is 13.1 Å². The Morgan fingerprint density at radius 1 is 1.48 bits per heavy atom. The van der Waals surface area contributed by atoms with Gasteiger partial charge in [-0.15, -0.1) is 0 Å². The lowest BCUT2D eigenvalue weighted by Crippen LogP contribution is -2.41. The van der Waals surface area contributed by atoms with E-state index in [-0.39, 0.29) is 16.6 Å². The molecule has 1 fully saturated rings. The molecular weight excluding hydrogens is 347 g/mol. The van der Waals surface area contributed by atoms with Gasteiger partial charge in [0.15, 0.2) is 6.10 Å². The molecule has 0 aliphatic carbocycles. The zero-order chi connectivity index (χ0) is 15.6. The Morgan fingerprint density at radius 3 is 2.76 bits per heavy atom. The Bertz CT molecular complexity index is 608. The first-order chi connectivity index (χ1) is 9.90. The standard InChI is InChI=1S/C13H12BrFN2O4/c1-7(11(18)17-5-4-16-13(17)20)21-12(19)9-3-2-8(15)6-10(9)14/h2-3,6-7H,4-5H2,1H3,(H,16,20)/t7-/m1/s1. The summed E-state index contributed by atoms with van der Waals surface area (Å²) >= 11 is 3.05. The molecule has 0 spiro atoms. The smallest absolute Gasteiger partial charge is 0.340 e. The molecule has 6 nitrogen and oxygen atoms in total. The maximum atomic E-state index is 13.0. The van der Waals surface area contributed by atoms with Crippen LogP contribution in [0.25, 0.3) is 0 Å². The Morgan fingerprint density at radius 2 is 2.19 bits per heavy atom. The SMILES string of the molecule is C[C@@H](OC(=O)c1ccc(F)cc1Br)C(=O)N1CCNC1=O. The van der Waals surface area contributed by atoms with Crippen molar-refractivity contribution in [3.8, 4) is 0 Å². The number of benzene rings is 1. The van der Waals surface area contributed by atoms with Crippen molar-refractivity contribution in [2.24, 2.45) is 0 Å². The predicted molar refractivity (Wildman–Crippen MR) is 74.1 cm³/mol. The van der Waals surface area contributed by atoms with Crippen molar-refractivity contribution >= 4 is 33.8 Å². The van der Waals surface area contributed by atoms with Gasteiger partial charge in [-0.05, 0) is 41.1 Å². The molecule has 3 amide bonds. The van der Waals surface area contributed by atoms with E-state index in [2.05, 4.69) is 21.2 Å². The van der Waals surface area contributed by atoms with Crippen molar-refractivity contribution in [1.29, 1.82) is 0 Å². The lowest BCUT2D eigenvalue weighted by atomic mass is 10.2. The maximum absolute atomic E-state index is 13.0. The number of urea groups is 1. The van der Waals surface area contributed by atoms with Crippen molar-refractivity contribution in [3.63, 3.8) is 0 Å². The summed E-state index contributed by atoms with van der Waals surface area (Å²) in [6.45, 7) is 1.98. The molecule has 0 saturated carbocycles. The molecule has 1 saturated heterocycles. The number of hydrogen-bond acceptors (Lipinski definition) is 4. The van der Waals surface area contributed by atoms with Crippen LogP contribution in [0.4, 0.5) is 9.18 Å². The van der Waals surface area contributed by atoms with E-state index in [1.165, 1.54) is 13.0 Å². The molecule has 112 valence electrons. The predicted octanol–water partition coefficient (Wildman–Crippen LogP) is 1.69. The number of ether oxygens (including phenoxy) is 1. The first-order valence-corrected chi connectivity index (χ1v) is 6.94. The lowest BCUT2D eigenvalue weighted by Gasteiger charge is -2.18. The molecule has 1 atom stereocenters. The number of amides is 3. The zero-order valence-electron chi connectivity index (χ0n) is 11.1. The van der Waals surface area contributed by atoms with Crippen LogP contribution in [0.1, 0.15) is 17.3 Å². The normalized spacial score (nSPS) is 15.6. The zero-order valence-corrected chi connectivity index (χ0v) is 12.6. The van der Waals surface area contributed by atoms with Crippen LogP contribution >= 0.6 is 15.9 Å². The van der Waals surface area contributed by atoms with E-state index in [9.17, 15) is 18.8 Å². The molecule has 1 aliphatic rings. The number of nitrogens with one attached hydrogen (secondary N) is 1. The molecular formula is C13H12BrFN2O4. The average Bonchev–Trinajstić information content (AvgIpc) is 2.83. The first kappa shape index (κ1) is 15.4. The minimum atomic E-state index is -1.11. The number of nitrogens with zero attached hydrogens (tertiary/aromatic N) is 1. The second kappa shape index (κ2) is 6.21. The Labute approximate surface area is 128 Å². The lowest BCUT2D eigenvalue weighted by molar-refractivity contribution is -0.136. The van der Waals surface area contributed by atoms with E-state index in [1.807, 2.05) is 0 Å². The molecule has 0 unspecified atom stereocenters. The molecule has 1 aromatic rings. The van der Waals surface area contributed by atoms with Crippen LogP contribution in [0, 0.1) is 5.82 Å². The van der Waals surface area contributed by atoms with Crippen LogP contribution in [0.5, 0.6) is 0 Å². The quantitative estimate of drug-likeness (QED) is 0.834. The monoisotopic (exact) mass is 358 g/mol. The van der Waals surface area contributed by atoms with Crippen molar-refractivity contribution < 1.29 is 23.5 Å². The molecule has 1 heterocycles. The third-order valence-corrected chi connectivity index (χ3v) is 3.56. The van der Waals surface area contributed by atoms with Gasteiger partial charge in [0.1, 0.15) is 5.82 Å². The molecule has 0 aromatic heterocycles. The van der Waals surface area contributed by atoms with Crippen LogP contribution in [-0.4, -0.2) is 42.0 Å². The van der Waals surface area contributed by atoms with Crippen LogP contribution in [-0.2, 0) is 9.53 Å². The highest BCUT2D eigenvalue weighted by Crippen LogP contribution is 2.19. The van der Waals surface area contributed by atoms with E-state index in [0.29, 0.717) is 6.54 Å². The van der Waals surface area contributed by atoms with Gasteiger partial charge in [-0.1, -0.05) is 0 Å². The fourth-order valence-electron chi connectivity index (χ4n) is 1.83. The van der Waals surface area contributed by atoms with E-state index in [0.717, 1.165) is 17.0 Å². The molecule has 21 heavy (non-hydrogen) atoms. The number of rotatable bonds is 3. The summed E-state index contributed by atoms with van der Waals surface area (Å²) in [6.07, 6.45) is -1.11. The van der Waals surface area contributed by atoms with E-state index in [4.69, 9.17) is 4.74 Å². The van der Waals surface area contributed by atoms with E-state index >= 15 is 0 Å². The Kier molecular flexibility index (Phi) is 4.56. The summed E-state index contributed by atoms with van der Waals surface area (Å²) in [4.78, 5) is 36.3. The second-order valence-electron chi connectivity index (χ2n) is 4.39. The molecule has 8 heteroatoms. The van der Waals surface area contributed by atoms with Crippen molar-refractivity contribution in [3.05, 3.63) is 34.1 Å². The summed E-state index contributed by atoms with van der Waals surface area (Å²) in [5.41, 5.74) is 0.0990. The first-order valence-electron chi connectivity index (χ1n) is 6.15. The highest BCUT2D eigenvalue weighted by Gasteiger charge is 2.32. The largest absolute Gasteiger partial charge is 0.449 e. The van der Waals surface area contributed by atoms with Crippen molar-refractivity contribution in [1.82, 2.24) is 10.2 Å². The average molecular weight is 359 g/mol. The topological polar surface area (TPSA) is 75.7 Å². The van der Waals surface area contributed by atoms with Gasteiger partial charge in [0.25, 0.3) is 5.91 Å². The third kappa shape index (κ3) is 3.38. The van der Waals surface area contributed by atoms with E-state index in [1.54, 1.807) is 0 Å². The molecule has 1 N–H and O–H groups in total. The molecule has 1 aromatic carbocycles. The highest BCUT2D eigenvalue weighted by atomic mass is 79.9. The number of carbonyl (C=O) groups is 3. The fourth-order valence-corrected chi connectivity index (χ4v) is 2.34. The number of esters is 1. The van der Waals surface area contributed by atoms with Crippen LogP contribution < -0.4 is 5.32 Å². The highest BCUT2D eigenvalue weighted by molar-refractivity contribution is 9.10. The minimum absolute atomic E-state index is 0.0990. The van der Waals surface area contributed by atoms with E-state index < -0.39 is 29.8 Å². The van der Waals surface area contributed by atoms with Gasteiger partial charge < -0.3 is 10.1 Å². The summed E-state index contributed by atoms with van der Waals surface area (Å²) in [6, 6.07) is 2.98. The molecule has 0 bridgehead atoms. The van der Waals surface area contributed by atoms with Gasteiger partial charge in [0, 0.05) is 17.6 Å². The summed E-state index contributed by atoms with van der Waals surface area (Å²) in [5.74, 6) is -1.88. The van der Waals surface area contributed by atoms with Gasteiger partial charge >= 0.3 is 12.0 Å². The van der Waals surface area contributed by atoms with Gasteiger partial charge in [0.05, 0.1) is 5.56 Å². The van der Waals surface area contributed by atoms with Crippen LogP contribution in [0.15, 0.2) is 22.7 Å². The molecule has 1 aliphatic heterocycles. The summed E-state index contributed by atoms with van der Waals surface area (Å²) in [5, 5.41) is 2.48. The van der Waals surface area contributed by atoms with Gasteiger partial charge in [-0.2, -0.15) is 0 Å². The number of carbonyl (C=O) groups excluding carboxylic acids is 3. The second-order valence-corrected chi connectivity index (χ2v) is 5.25.